The van der Waals surface area contributed by atoms with E-state index < -0.39 is 6.04 Å². The van der Waals surface area contributed by atoms with Gasteiger partial charge >= 0.3 is 0 Å². The summed E-state index contributed by atoms with van der Waals surface area (Å²) in [6, 6.07) is 8.78. The molecule has 110 valence electrons. The fourth-order valence-corrected chi connectivity index (χ4v) is 2.47. The molecule has 1 heterocycles. The molecule has 0 radical (unpaired) electrons. The highest BCUT2D eigenvalue weighted by Gasteiger charge is 2.29. The Balaban J connectivity index is 0.00000200. The van der Waals surface area contributed by atoms with Crippen LogP contribution in [0.25, 0.3) is 0 Å². The fourth-order valence-electron chi connectivity index (χ4n) is 2.47. The van der Waals surface area contributed by atoms with Crippen molar-refractivity contribution in [3.63, 3.8) is 0 Å². The molecule has 0 aromatic heterocycles. The average molecular weight is 299 g/mol. The van der Waals surface area contributed by atoms with Crippen molar-refractivity contribution in [1.82, 2.24) is 5.32 Å². The molecule has 1 N–H and O–H groups in total. The first-order valence-corrected chi connectivity index (χ1v) is 6.62. The van der Waals surface area contributed by atoms with Crippen molar-refractivity contribution in [1.29, 1.82) is 0 Å². The molecule has 20 heavy (non-hydrogen) atoms. The molecule has 0 saturated carbocycles. The van der Waals surface area contributed by atoms with Gasteiger partial charge in [0.25, 0.3) is 0 Å². The van der Waals surface area contributed by atoms with Crippen molar-refractivity contribution in [3.8, 4) is 0 Å². The number of hydrogen-bond acceptors (Lipinski definition) is 4. The van der Waals surface area contributed by atoms with Gasteiger partial charge in [0.1, 0.15) is 0 Å². The molecule has 2 rings (SSSR count). The van der Waals surface area contributed by atoms with E-state index in [1.807, 2.05) is 18.2 Å². The van der Waals surface area contributed by atoms with Gasteiger partial charge in [0.2, 0.25) is 6.04 Å². The van der Waals surface area contributed by atoms with E-state index in [1.54, 1.807) is 12.1 Å². The van der Waals surface area contributed by atoms with Crippen molar-refractivity contribution in [2.24, 2.45) is 0 Å². The SMILES string of the molecule is Cl.O=C(CCC1CC([N+](=O)[O-])CCN1)c1ccccc1. The van der Waals surface area contributed by atoms with Gasteiger partial charge in [0.15, 0.2) is 5.78 Å². The van der Waals surface area contributed by atoms with Crippen molar-refractivity contribution in [2.45, 2.75) is 37.8 Å². The zero-order chi connectivity index (χ0) is 13.7. The highest BCUT2D eigenvalue weighted by atomic mass is 35.5. The van der Waals surface area contributed by atoms with Gasteiger partial charge in [0, 0.05) is 42.3 Å². The van der Waals surface area contributed by atoms with Gasteiger partial charge in [-0.3, -0.25) is 14.9 Å². The smallest absolute Gasteiger partial charge is 0.215 e. The van der Waals surface area contributed by atoms with Gasteiger partial charge in [-0.25, -0.2) is 0 Å². The Labute approximate surface area is 124 Å². The largest absolute Gasteiger partial charge is 0.313 e. The second-order valence-corrected chi connectivity index (χ2v) is 4.94. The second-order valence-electron chi connectivity index (χ2n) is 4.94. The highest BCUT2D eigenvalue weighted by Crippen LogP contribution is 2.16. The Morgan fingerprint density at radius 1 is 1.35 bits per heavy atom. The number of nitrogens with zero attached hydrogens (tertiary/aromatic N) is 1. The van der Waals surface area contributed by atoms with Gasteiger partial charge in [0.05, 0.1) is 0 Å². The molecule has 6 heteroatoms. The molecule has 5 nitrogen and oxygen atoms in total. The quantitative estimate of drug-likeness (QED) is 0.515. The fraction of sp³-hybridized carbons (Fsp3) is 0.500. The normalized spacial score (nSPS) is 21.8. The molecular weight excluding hydrogens is 280 g/mol. The number of hydrogen-bond donors (Lipinski definition) is 1. The molecular formula is C14H19ClN2O3. The number of carbonyl (C=O) groups is 1. The number of carbonyl (C=O) groups excluding carboxylic acids is 1. The monoisotopic (exact) mass is 298 g/mol. The molecule has 2 atom stereocenters. The summed E-state index contributed by atoms with van der Waals surface area (Å²) in [5.74, 6) is 0.102. The van der Waals surface area contributed by atoms with Crippen LogP contribution in [0.4, 0.5) is 0 Å². The predicted molar refractivity (Wildman–Crippen MR) is 79.1 cm³/mol. The Bertz CT molecular complexity index is 453. The van der Waals surface area contributed by atoms with Gasteiger partial charge in [-0.2, -0.15) is 0 Å². The Kier molecular flexibility index (Phi) is 6.61. The number of nitro groups is 1. The summed E-state index contributed by atoms with van der Waals surface area (Å²) in [5, 5.41) is 14.0. The van der Waals surface area contributed by atoms with Crippen LogP contribution in [0, 0.1) is 10.1 Å². The molecule has 0 aliphatic carbocycles. The first kappa shape index (κ1) is 16.6. The second kappa shape index (κ2) is 7.97. The number of halogens is 1. The summed E-state index contributed by atoms with van der Waals surface area (Å²) >= 11 is 0. The van der Waals surface area contributed by atoms with E-state index in [2.05, 4.69) is 5.32 Å². The minimum Gasteiger partial charge on any atom is -0.313 e. The number of nitrogens with one attached hydrogen (secondary N) is 1. The lowest BCUT2D eigenvalue weighted by Gasteiger charge is -2.25. The third-order valence-electron chi connectivity index (χ3n) is 3.58. The van der Waals surface area contributed by atoms with Gasteiger partial charge < -0.3 is 5.32 Å². The van der Waals surface area contributed by atoms with E-state index in [0.717, 1.165) is 0 Å². The Morgan fingerprint density at radius 2 is 2.05 bits per heavy atom. The van der Waals surface area contributed by atoms with Crippen LogP contribution in [0.3, 0.4) is 0 Å². The van der Waals surface area contributed by atoms with Crippen LogP contribution in [0.15, 0.2) is 30.3 Å². The van der Waals surface area contributed by atoms with E-state index >= 15 is 0 Å². The van der Waals surface area contributed by atoms with Crippen LogP contribution in [-0.2, 0) is 0 Å². The maximum absolute atomic E-state index is 11.9. The van der Waals surface area contributed by atoms with E-state index in [9.17, 15) is 14.9 Å². The first-order chi connectivity index (χ1) is 9.16. The average Bonchev–Trinajstić information content (AvgIpc) is 2.46. The summed E-state index contributed by atoms with van der Waals surface area (Å²) in [4.78, 5) is 22.5. The molecule has 0 amide bonds. The molecule has 0 bridgehead atoms. The summed E-state index contributed by atoms with van der Waals surface area (Å²) < 4.78 is 0. The van der Waals surface area contributed by atoms with E-state index in [0.29, 0.717) is 37.8 Å². The Morgan fingerprint density at radius 3 is 2.70 bits per heavy atom. The van der Waals surface area contributed by atoms with Gasteiger partial charge in [-0.15, -0.1) is 12.4 Å². The van der Waals surface area contributed by atoms with E-state index in [1.165, 1.54) is 0 Å². The maximum atomic E-state index is 11.9. The molecule has 1 aliphatic rings. The maximum Gasteiger partial charge on any atom is 0.215 e. The van der Waals surface area contributed by atoms with Crippen molar-refractivity contribution in [3.05, 3.63) is 46.0 Å². The molecule has 0 spiro atoms. The van der Waals surface area contributed by atoms with E-state index in [-0.39, 0.29) is 29.2 Å². The number of rotatable bonds is 5. The summed E-state index contributed by atoms with van der Waals surface area (Å²) in [5.41, 5.74) is 0.712. The standard InChI is InChI=1S/C14H18N2O3.ClH/c17-14(11-4-2-1-3-5-11)7-6-12-10-13(16(18)19)8-9-15-12;/h1-5,12-13,15H,6-10H2;1H. The third kappa shape index (κ3) is 4.58. The molecule has 1 aromatic rings. The summed E-state index contributed by atoms with van der Waals surface area (Å²) in [6.45, 7) is 0.663. The lowest BCUT2D eigenvalue weighted by molar-refractivity contribution is -0.526. The zero-order valence-electron chi connectivity index (χ0n) is 11.2. The van der Waals surface area contributed by atoms with Crippen molar-refractivity contribution in [2.75, 3.05) is 6.54 Å². The van der Waals surface area contributed by atoms with Crippen LogP contribution in [0.2, 0.25) is 0 Å². The molecule has 2 unspecified atom stereocenters. The van der Waals surface area contributed by atoms with Crippen LogP contribution >= 0.6 is 12.4 Å². The number of ketones is 1. The van der Waals surface area contributed by atoms with Crippen molar-refractivity contribution < 1.29 is 9.72 Å². The number of piperidine rings is 1. The summed E-state index contributed by atoms with van der Waals surface area (Å²) in [7, 11) is 0. The minimum absolute atomic E-state index is 0. The lowest BCUT2D eigenvalue weighted by atomic mass is 9.94. The van der Waals surface area contributed by atoms with Crippen molar-refractivity contribution >= 4 is 18.2 Å². The topological polar surface area (TPSA) is 72.2 Å². The van der Waals surface area contributed by atoms with Gasteiger partial charge in [-0.05, 0) is 6.42 Å². The molecule has 1 saturated heterocycles. The summed E-state index contributed by atoms with van der Waals surface area (Å²) in [6.07, 6.45) is 2.20. The number of benzene rings is 1. The first-order valence-electron chi connectivity index (χ1n) is 6.62. The number of Topliss-reactive ketones (excluding diaryl/α,β-unsaturated/α-hetero) is 1. The van der Waals surface area contributed by atoms with Gasteiger partial charge in [-0.1, -0.05) is 30.3 Å². The van der Waals surface area contributed by atoms with E-state index in [4.69, 9.17) is 0 Å². The molecule has 1 fully saturated rings. The van der Waals surface area contributed by atoms with Crippen LogP contribution in [0.5, 0.6) is 0 Å². The Hall–Kier alpha value is -1.46. The van der Waals surface area contributed by atoms with Crippen LogP contribution in [0.1, 0.15) is 36.0 Å². The molecule has 1 aromatic carbocycles. The highest BCUT2D eigenvalue weighted by molar-refractivity contribution is 5.95. The minimum atomic E-state index is -0.460. The lowest BCUT2D eigenvalue weighted by Crippen LogP contribution is -2.43. The predicted octanol–water partition coefficient (Wildman–Crippen LogP) is 2.47. The third-order valence-corrected chi connectivity index (χ3v) is 3.58. The zero-order valence-corrected chi connectivity index (χ0v) is 12.0. The molecule has 1 aliphatic heterocycles. The van der Waals surface area contributed by atoms with Crippen LogP contribution in [-0.4, -0.2) is 29.3 Å². The van der Waals surface area contributed by atoms with Crippen LogP contribution < -0.4 is 5.32 Å².